The van der Waals surface area contributed by atoms with E-state index >= 15 is 0 Å². The van der Waals surface area contributed by atoms with Gasteiger partial charge in [0.25, 0.3) is 0 Å². The van der Waals surface area contributed by atoms with Crippen LogP contribution in [0.15, 0.2) is 52.5 Å². The molecule has 0 bridgehead atoms. The average Bonchev–Trinajstić information content (AvgIpc) is 2.32. The maximum atomic E-state index is 12.7. The second-order valence-corrected chi connectivity index (χ2v) is 4.34. The number of hydrogen-bond donors (Lipinski definition) is 1. The van der Waals surface area contributed by atoms with E-state index in [9.17, 15) is 9.18 Å². The van der Waals surface area contributed by atoms with Crippen LogP contribution in [0.3, 0.4) is 0 Å². The highest BCUT2D eigenvalue weighted by Gasteiger charge is 2.05. The largest absolute Gasteiger partial charge is 0.478 e. The Balaban J connectivity index is 2.21. The van der Waals surface area contributed by atoms with Crippen molar-refractivity contribution in [2.45, 2.75) is 9.92 Å². The first kappa shape index (κ1) is 11.6. The molecule has 0 aliphatic rings. The molecule has 2 rings (SSSR count). The van der Waals surface area contributed by atoms with Gasteiger partial charge in [0.15, 0.2) is 0 Å². The van der Waals surface area contributed by atoms with Gasteiger partial charge in [0.2, 0.25) is 0 Å². The summed E-state index contributed by atoms with van der Waals surface area (Å²) in [5.41, 5.74) is 0.185. The molecular formula is C12H8FNO2S. The molecule has 3 nitrogen and oxygen atoms in total. The van der Waals surface area contributed by atoms with Crippen LogP contribution in [0.5, 0.6) is 0 Å². The molecule has 0 spiro atoms. The Kier molecular flexibility index (Phi) is 3.39. The van der Waals surface area contributed by atoms with E-state index in [0.29, 0.717) is 5.03 Å². The number of nitrogens with zero attached hydrogens (tertiary/aromatic N) is 1. The number of pyridine rings is 1. The number of aromatic carboxylic acids is 1. The van der Waals surface area contributed by atoms with E-state index < -0.39 is 5.97 Å². The molecule has 0 unspecified atom stereocenters. The minimum atomic E-state index is -0.992. The molecule has 0 saturated carbocycles. The molecule has 0 radical (unpaired) electrons. The third-order valence-electron chi connectivity index (χ3n) is 2.02. The summed E-state index contributed by atoms with van der Waals surface area (Å²) in [5, 5.41) is 9.39. The molecule has 1 aromatic carbocycles. The number of carboxylic acid groups (broad SMARTS) is 1. The third kappa shape index (κ3) is 3.04. The van der Waals surface area contributed by atoms with E-state index in [4.69, 9.17) is 5.11 Å². The molecule has 1 N–H and O–H groups in total. The molecule has 86 valence electrons. The molecule has 0 aliphatic carbocycles. The predicted octanol–water partition coefficient (Wildman–Crippen LogP) is 3.07. The van der Waals surface area contributed by atoms with Gasteiger partial charge in [-0.25, -0.2) is 14.2 Å². The van der Waals surface area contributed by atoms with E-state index in [1.807, 2.05) is 0 Å². The molecule has 0 fully saturated rings. The van der Waals surface area contributed by atoms with Gasteiger partial charge in [0.1, 0.15) is 10.8 Å². The van der Waals surface area contributed by atoms with Crippen molar-refractivity contribution in [3.63, 3.8) is 0 Å². The highest BCUT2D eigenvalue weighted by Crippen LogP contribution is 2.26. The monoisotopic (exact) mass is 249 g/mol. The Morgan fingerprint density at radius 2 is 1.94 bits per heavy atom. The van der Waals surface area contributed by atoms with Crippen LogP contribution in [0.4, 0.5) is 4.39 Å². The van der Waals surface area contributed by atoms with Gasteiger partial charge in [-0.2, -0.15) is 0 Å². The van der Waals surface area contributed by atoms with Crippen LogP contribution in [0.25, 0.3) is 0 Å². The Hall–Kier alpha value is -1.88. The van der Waals surface area contributed by atoms with Gasteiger partial charge < -0.3 is 5.11 Å². The Morgan fingerprint density at radius 1 is 1.24 bits per heavy atom. The second-order valence-electron chi connectivity index (χ2n) is 3.24. The summed E-state index contributed by atoms with van der Waals surface area (Å²) in [4.78, 5) is 15.6. The lowest BCUT2D eigenvalue weighted by Gasteiger charge is -2.01. The minimum Gasteiger partial charge on any atom is -0.478 e. The van der Waals surface area contributed by atoms with Crippen molar-refractivity contribution in [1.29, 1.82) is 0 Å². The standard InChI is InChI=1S/C12H8FNO2S/c13-9-1-3-10(4-2-9)17-11-7-8(12(15)16)5-6-14-11/h1-7H,(H,15,16). The van der Waals surface area contributed by atoms with Crippen molar-refractivity contribution in [2.24, 2.45) is 0 Å². The topological polar surface area (TPSA) is 50.2 Å². The van der Waals surface area contributed by atoms with E-state index in [1.165, 1.54) is 42.2 Å². The van der Waals surface area contributed by atoms with Crippen molar-refractivity contribution < 1.29 is 14.3 Å². The van der Waals surface area contributed by atoms with E-state index in [2.05, 4.69) is 4.98 Å². The first-order valence-corrected chi connectivity index (χ1v) is 5.59. The van der Waals surface area contributed by atoms with E-state index in [1.54, 1.807) is 12.1 Å². The van der Waals surface area contributed by atoms with Gasteiger partial charge in [0, 0.05) is 11.1 Å². The fourth-order valence-corrected chi connectivity index (χ4v) is 2.03. The number of carbonyl (C=O) groups is 1. The van der Waals surface area contributed by atoms with Crippen LogP contribution >= 0.6 is 11.8 Å². The number of aromatic nitrogens is 1. The van der Waals surface area contributed by atoms with Crippen LogP contribution in [0, 0.1) is 5.82 Å². The maximum absolute atomic E-state index is 12.7. The molecule has 2 aromatic rings. The number of benzene rings is 1. The number of hydrogen-bond acceptors (Lipinski definition) is 3. The highest BCUT2D eigenvalue weighted by molar-refractivity contribution is 7.99. The summed E-state index contributed by atoms with van der Waals surface area (Å²) in [6, 6.07) is 8.85. The molecule has 1 heterocycles. The van der Waals surface area contributed by atoms with E-state index in [0.717, 1.165) is 4.90 Å². The third-order valence-corrected chi connectivity index (χ3v) is 2.96. The molecule has 0 aliphatic heterocycles. The summed E-state index contributed by atoms with van der Waals surface area (Å²) in [7, 11) is 0. The number of halogens is 1. The fraction of sp³-hybridized carbons (Fsp3) is 0. The Bertz CT molecular complexity index is 542. The summed E-state index contributed by atoms with van der Waals surface area (Å²) in [5.74, 6) is -1.30. The van der Waals surface area contributed by atoms with Gasteiger partial charge >= 0.3 is 5.97 Å². The predicted molar refractivity (Wildman–Crippen MR) is 61.7 cm³/mol. The second kappa shape index (κ2) is 4.97. The smallest absolute Gasteiger partial charge is 0.335 e. The number of carboxylic acids is 1. The van der Waals surface area contributed by atoms with Gasteiger partial charge in [-0.1, -0.05) is 11.8 Å². The van der Waals surface area contributed by atoms with Crippen molar-refractivity contribution in [3.05, 3.63) is 54.0 Å². The van der Waals surface area contributed by atoms with Crippen LogP contribution in [-0.4, -0.2) is 16.1 Å². The lowest BCUT2D eigenvalue weighted by molar-refractivity contribution is 0.0696. The van der Waals surface area contributed by atoms with Crippen molar-refractivity contribution >= 4 is 17.7 Å². The van der Waals surface area contributed by atoms with Crippen LogP contribution < -0.4 is 0 Å². The van der Waals surface area contributed by atoms with Crippen molar-refractivity contribution in [2.75, 3.05) is 0 Å². The molecule has 1 aromatic heterocycles. The molecule has 5 heteroatoms. The lowest BCUT2D eigenvalue weighted by atomic mass is 10.3. The molecular weight excluding hydrogens is 241 g/mol. The zero-order valence-electron chi connectivity index (χ0n) is 8.63. The van der Waals surface area contributed by atoms with Crippen LogP contribution in [0.1, 0.15) is 10.4 Å². The van der Waals surface area contributed by atoms with Crippen LogP contribution in [0.2, 0.25) is 0 Å². The van der Waals surface area contributed by atoms with E-state index in [-0.39, 0.29) is 11.4 Å². The normalized spacial score (nSPS) is 10.2. The van der Waals surface area contributed by atoms with Gasteiger partial charge in [-0.15, -0.1) is 0 Å². The molecule has 0 atom stereocenters. The van der Waals surface area contributed by atoms with Crippen molar-refractivity contribution in [3.8, 4) is 0 Å². The summed E-state index contributed by atoms with van der Waals surface area (Å²) in [6.45, 7) is 0. The zero-order valence-corrected chi connectivity index (χ0v) is 9.45. The molecule has 17 heavy (non-hydrogen) atoms. The zero-order chi connectivity index (χ0) is 12.3. The first-order chi connectivity index (χ1) is 8.15. The maximum Gasteiger partial charge on any atom is 0.335 e. The first-order valence-electron chi connectivity index (χ1n) is 4.78. The summed E-state index contributed by atoms with van der Waals surface area (Å²) in [6.07, 6.45) is 1.44. The van der Waals surface area contributed by atoms with Gasteiger partial charge in [-0.05, 0) is 36.4 Å². The summed E-state index contributed by atoms with van der Waals surface area (Å²) >= 11 is 1.29. The van der Waals surface area contributed by atoms with Crippen LogP contribution in [-0.2, 0) is 0 Å². The Labute approximate surface area is 101 Å². The Morgan fingerprint density at radius 3 is 2.59 bits per heavy atom. The fourth-order valence-electron chi connectivity index (χ4n) is 1.22. The number of rotatable bonds is 3. The highest BCUT2D eigenvalue weighted by atomic mass is 32.2. The van der Waals surface area contributed by atoms with Crippen molar-refractivity contribution in [1.82, 2.24) is 4.98 Å². The SMILES string of the molecule is O=C(O)c1ccnc(Sc2ccc(F)cc2)c1. The quantitative estimate of drug-likeness (QED) is 0.908. The lowest BCUT2D eigenvalue weighted by Crippen LogP contribution is -1.96. The van der Waals surface area contributed by atoms with Gasteiger partial charge in [0.05, 0.1) is 5.56 Å². The minimum absolute atomic E-state index is 0.185. The van der Waals surface area contributed by atoms with Gasteiger partial charge in [-0.3, -0.25) is 0 Å². The molecule has 0 saturated heterocycles. The average molecular weight is 249 g/mol. The summed E-state index contributed by atoms with van der Waals surface area (Å²) < 4.78 is 12.7. The molecule has 0 amide bonds.